The van der Waals surface area contributed by atoms with Crippen molar-refractivity contribution < 1.29 is 23.8 Å². The zero-order valence-electron chi connectivity index (χ0n) is 16.6. The van der Waals surface area contributed by atoms with Gasteiger partial charge in [-0.25, -0.2) is 0 Å². The summed E-state index contributed by atoms with van der Waals surface area (Å²) in [6.07, 6.45) is 2.29. The second kappa shape index (κ2) is 10.2. The number of ether oxygens (including phenoxy) is 3. The fraction of sp³-hybridized carbons (Fsp3) is 0.600. The van der Waals surface area contributed by atoms with E-state index >= 15 is 0 Å². The van der Waals surface area contributed by atoms with Gasteiger partial charge >= 0.3 is 0 Å². The van der Waals surface area contributed by atoms with Crippen LogP contribution >= 0.6 is 0 Å². The van der Waals surface area contributed by atoms with E-state index in [9.17, 15) is 9.59 Å². The number of hydrogen-bond donors (Lipinski definition) is 1. The molecule has 1 aliphatic rings. The highest BCUT2D eigenvalue weighted by Gasteiger charge is 2.23. The topological polar surface area (TPSA) is 77.1 Å². The van der Waals surface area contributed by atoms with Gasteiger partial charge in [0.15, 0.2) is 11.5 Å². The summed E-state index contributed by atoms with van der Waals surface area (Å²) in [5, 5.41) is 2.97. The molecule has 2 amide bonds. The minimum Gasteiger partial charge on any atom is -0.493 e. The number of rotatable bonds is 8. The van der Waals surface area contributed by atoms with Crippen LogP contribution in [0.2, 0.25) is 0 Å². The van der Waals surface area contributed by atoms with Crippen molar-refractivity contribution in [1.82, 2.24) is 10.2 Å². The molecule has 1 N–H and O–H groups in total. The van der Waals surface area contributed by atoms with Crippen molar-refractivity contribution in [2.24, 2.45) is 0 Å². The van der Waals surface area contributed by atoms with Gasteiger partial charge in [-0.15, -0.1) is 0 Å². The molecule has 0 aliphatic carbocycles. The number of piperidine rings is 1. The lowest BCUT2D eigenvalue weighted by molar-refractivity contribution is -0.130. The maximum absolute atomic E-state index is 12.5. The lowest BCUT2D eigenvalue weighted by atomic mass is 10.1. The predicted molar refractivity (Wildman–Crippen MR) is 102 cm³/mol. The van der Waals surface area contributed by atoms with Gasteiger partial charge in [-0.2, -0.15) is 0 Å². The highest BCUT2D eigenvalue weighted by atomic mass is 16.5. The smallest absolute Gasteiger partial charge is 0.251 e. The molecule has 150 valence electrons. The summed E-state index contributed by atoms with van der Waals surface area (Å²) in [5.74, 6) is 1.06. The molecule has 27 heavy (non-hydrogen) atoms. The molecule has 1 aromatic rings. The Labute approximate surface area is 161 Å². The number of likely N-dealkylation sites (tertiary alicyclic amines) is 1. The molecule has 0 saturated carbocycles. The molecule has 1 fully saturated rings. The molecule has 1 aliphatic heterocycles. The first-order chi connectivity index (χ1) is 13.0. The van der Waals surface area contributed by atoms with Gasteiger partial charge in [-0.05, 0) is 24.6 Å². The van der Waals surface area contributed by atoms with E-state index in [0.717, 1.165) is 19.3 Å². The second-order valence-electron chi connectivity index (χ2n) is 6.72. The molecule has 0 aromatic heterocycles. The molecule has 0 spiro atoms. The molecule has 0 bridgehead atoms. The average molecular weight is 378 g/mol. The molecular formula is C20H30N2O5. The van der Waals surface area contributed by atoms with Gasteiger partial charge in [-0.1, -0.05) is 6.92 Å². The Hall–Kier alpha value is -2.28. The Kier molecular flexibility index (Phi) is 7.91. The van der Waals surface area contributed by atoms with Crippen molar-refractivity contribution in [3.63, 3.8) is 0 Å². The average Bonchev–Trinajstić information content (AvgIpc) is 2.67. The van der Waals surface area contributed by atoms with Crippen molar-refractivity contribution in [3.8, 4) is 11.5 Å². The van der Waals surface area contributed by atoms with E-state index in [1.165, 1.54) is 0 Å². The first-order valence-corrected chi connectivity index (χ1v) is 9.38. The first-order valence-electron chi connectivity index (χ1n) is 9.38. The van der Waals surface area contributed by atoms with Crippen molar-refractivity contribution in [2.45, 2.75) is 45.3 Å². The van der Waals surface area contributed by atoms with Crippen LogP contribution in [0, 0.1) is 0 Å². The molecule has 1 saturated heterocycles. The summed E-state index contributed by atoms with van der Waals surface area (Å²) < 4.78 is 16.6. The Bertz CT molecular complexity index is 641. The summed E-state index contributed by atoms with van der Waals surface area (Å²) in [4.78, 5) is 25.8. The van der Waals surface area contributed by atoms with Gasteiger partial charge < -0.3 is 24.4 Å². The summed E-state index contributed by atoms with van der Waals surface area (Å²) in [6, 6.07) is 5.14. The number of nitrogens with one attached hydrogen (secondary N) is 1. The van der Waals surface area contributed by atoms with E-state index in [1.807, 2.05) is 11.8 Å². The van der Waals surface area contributed by atoms with Crippen LogP contribution in [0.15, 0.2) is 18.2 Å². The van der Waals surface area contributed by atoms with Crippen LogP contribution in [0.3, 0.4) is 0 Å². The zero-order chi connectivity index (χ0) is 19.8. The normalized spacial score (nSPS) is 15.9. The largest absolute Gasteiger partial charge is 0.493 e. The van der Waals surface area contributed by atoms with E-state index in [1.54, 1.807) is 39.3 Å². The van der Waals surface area contributed by atoms with Crippen LogP contribution in [0.1, 0.15) is 43.5 Å². The van der Waals surface area contributed by atoms with Crippen LogP contribution in [0.25, 0.3) is 0 Å². The first kappa shape index (κ1) is 21.0. The van der Waals surface area contributed by atoms with Gasteiger partial charge in [0.25, 0.3) is 5.91 Å². The molecular weight excluding hydrogens is 348 g/mol. The fourth-order valence-corrected chi connectivity index (χ4v) is 3.11. The minimum absolute atomic E-state index is 0.00954. The molecule has 2 rings (SSSR count). The number of hydrogen-bond acceptors (Lipinski definition) is 5. The number of carbonyl (C=O) groups is 2. The number of methoxy groups -OCH3 is 2. The number of nitrogens with zero attached hydrogens (tertiary/aromatic N) is 1. The predicted octanol–water partition coefficient (Wildman–Crippen LogP) is 2.24. The molecule has 1 heterocycles. The van der Waals surface area contributed by atoms with E-state index < -0.39 is 0 Å². The standard InChI is InChI=1S/C20H30N2O5/c1-5-16(13-25-3)21-20(24)15-6-7-18(26-4)19(12-15)27-17-8-10-22(11-9-17)14(2)23/h6-7,12,16-17H,5,8-11,13H2,1-4H3,(H,21,24)/t16-/m1/s1. The summed E-state index contributed by atoms with van der Waals surface area (Å²) in [7, 11) is 3.19. The number of carbonyl (C=O) groups excluding carboxylic acids is 2. The summed E-state index contributed by atoms with van der Waals surface area (Å²) >= 11 is 0. The highest BCUT2D eigenvalue weighted by Crippen LogP contribution is 2.31. The zero-order valence-corrected chi connectivity index (χ0v) is 16.6. The van der Waals surface area contributed by atoms with Gasteiger partial charge in [0.2, 0.25) is 5.91 Å². The Morgan fingerprint density at radius 2 is 1.93 bits per heavy atom. The summed E-state index contributed by atoms with van der Waals surface area (Å²) in [5.41, 5.74) is 0.515. The Morgan fingerprint density at radius 3 is 2.48 bits per heavy atom. The van der Waals surface area contributed by atoms with Crippen molar-refractivity contribution >= 4 is 11.8 Å². The quantitative estimate of drug-likeness (QED) is 0.751. The van der Waals surface area contributed by atoms with E-state index in [2.05, 4.69) is 5.32 Å². The van der Waals surface area contributed by atoms with Crippen LogP contribution in [-0.2, 0) is 9.53 Å². The van der Waals surface area contributed by atoms with Crippen molar-refractivity contribution in [1.29, 1.82) is 0 Å². The fourth-order valence-electron chi connectivity index (χ4n) is 3.11. The minimum atomic E-state index is -0.169. The van der Waals surface area contributed by atoms with Crippen molar-refractivity contribution in [3.05, 3.63) is 23.8 Å². The van der Waals surface area contributed by atoms with Gasteiger partial charge in [0.1, 0.15) is 6.10 Å². The third kappa shape index (κ3) is 5.85. The van der Waals surface area contributed by atoms with E-state index in [4.69, 9.17) is 14.2 Å². The van der Waals surface area contributed by atoms with Crippen LogP contribution in [0.4, 0.5) is 0 Å². The third-order valence-electron chi connectivity index (χ3n) is 4.80. The van der Waals surface area contributed by atoms with E-state index in [0.29, 0.717) is 36.8 Å². The maximum Gasteiger partial charge on any atom is 0.251 e. The Morgan fingerprint density at radius 1 is 1.22 bits per heavy atom. The number of amides is 2. The van der Waals surface area contributed by atoms with Gasteiger partial charge in [0.05, 0.1) is 19.8 Å². The van der Waals surface area contributed by atoms with Gasteiger partial charge in [0, 0.05) is 45.5 Å². The SMILES string of the molecule is CC[C@H](COC)NC(=O)c1ccc(OC)c(OC2CCN(C(C)=O)CC2)c1. The molecule has 0 radical (unpaired) electrons. The van der Waals surface area contributed by atoms with Gasteiger partial charge in [-0.3, -0.25) is 9.59 Å². The van der Waals surface area contributed by atoms with Crippen molar-refractivity contribution in [2.75, 3.05) is 33.9 Å². The molecule has 7 heteroatoms. The Balaban J connectivity index is 2.06. The summed E-state index contributed by atoms with van der Waals surface area (Å²) in [6.45, 7) is 5.41. The maximum atomic E-state index is 12.5. The highest BCUT2D eigenvalue weighted by molar-refractivity contribution is 5.95. The van der Waals surface area contributed by atoms with Crippen LogP contribution < -0.4 is 14.8 Å². The van der Waals surface area contributed by atoms with E-state index in [-0.39, 0.29) is 24.0 Å². The molecule has 1 atom stereocenters. The monoisotopic (exact) mass is 378 g/mol. The van der Waals surface area contributed by atoms with Crippen LogP contribution in [0.5, 0.6) is 11.5 Å². The lowest BCUT2D eigenvalue weighted by Gasteiger charge is -2.31. The van der Waals surface area contributed by atoms with Crippen LogP contribution in [-0.4, -0.2) is 62.8 Å². The molecule has 1 aromatic carbocycles. The third-order valence-corrected chi connectivity index (χ3v) is 4.80. The number of benzene rings is 1. The lowest BCUT2D eigenvalue weighted by Crippen LogP contribution is -2.40. The molecule has 7 nitrogen and oxygen atoms in total. The second-order valence-corrected chi connectivity index (χ2v) is 6.72. The molecule has 0 unspecified atom stereocenters.